The summed E-state index contributed by atoms with van der Waals surface area (Å²) in [5.41, 5.74) is 1.36. The highest BCUT2D eigenvalue weighted by Crippen LogP contribution is 2.20. The molecule has 1 aromatic rings. The van der Waals surface area contributed by atoms with E-state index in [0.717, 1.165) is 32.4 Å². The van der Waals surface area contributed by atoms with E-state index in [2.05, 4.69) is 54.1 Å². The van der Waals surface area contributed by atoms with Crippen LogP contribution in [-0.4, -0.2) is 29.4 Å². The van der Waals surface area contributed by atoms with Crippen LogP contribution < -0.4 is 5.32 Å². The van der Waals surface area contributed by atoms with Gasteiger partial charge in [-0.1, -0.05) is 36.4 Å². The zero-order chi connectivity index (χ0) is 15.1. The predicted octanol–water partition coefficient (Wildman–Crippen LogP) is 3.12. The summed E-state index contributed by atoms with van der Waals surface area (Å²) in [5.74, 6) is 0.156. The molecule has 0 aliphatic carbocycles. The van der Waals surface area contributed by atoms with Crippen LogP contribution in [0.3, 0.4) is 0 Å². The standard InChI is InChI=1S/C18H26N2O/c1-3-4-10-18(21)19-17-11-12-20(15(2)13-17)14-16-8-6-5-7-9-16/h3,5-9,15,17H,1,4,10-14H2,2H3,(H,19,21)/t15-,17-/m1/s1. The number of nitrogens with one attached hydrogen (secondary N) is 1. The summed E-state index contributed by atoms with van der Waals surface area (Å²) in [6.07, 6.45) is 5.19. The molecule has 3 nitrogen and oxygen atoms in total. The number of likely N-dealkylation sites (tertiary alicyclic amines) is 1. The van der Waals surface area contributed by atoms with Gasteiger partial charge in [-0.25, -0.2) is 0 Å². The topological polar surface area (TPSA) is 32.3 Å². The van der Waals surface area contributed by atoms with Crippen LogP contribution in [0.4, 0.5) is 0 Å². The summed E-state index contributed by atoms with van der Waals surface area (Å²) in [5, 5.41) is 3.16. The molecule has 1 fully saturated rings. The van der Waals surface area contributed by atoms with Crippen LogP contribution in [0, 0.1) is 0 Å². The minimum atomic E-state index is 0.156. The average Bonchev–Trinajstić information content (AvgIpc) is 2.49. The van der Waals surface area contributed by atoms with Gasteiger partial charge in [-0.2, -0.15) is 0 Å². The molecule has 1 saturated heterocycles. The van der Waals surface area contributed by atoms with Crippen LogP contribution in [0.25, 0.3) is 0 Å². The van der Waals surface area contributed by atoms with Crippen LogP contribution in [0.1, 0.15) is 38.2 Å². The summed E-state index contributed by atoms with van der Waals surface area (Å²) in [7, 11) is 0. The monoisotopic (exact) mass is 286 g/mol. The molecule has 21 heavy (non-hydrogen) atoms. The Bertz CT molecular complexity index is 458. The first kappa shape index (κ1) is 15.8. The largest absolute Gasteiger partial charge is 0.353 e. The second-order valence-corrected chi connectivity index (χ2v) is 5.92. The number of hydrogen-bond acceptors (Lipinski definition) is 2. The van der Waals surface area contributed by atoms with E-state index in [1.165, 1.54) is 5.56 Å². The fourth-order valence-electron chi connectivity index (χ4n) is 2.94. The van der Waals surface area contributed by atoms with Gasteiger partial charge in [0.05, 0.1) is 0 Å². The second kappa shape index (κ2) is 7.99. The van der Waals surface area contributed by atoms with Crippen molar-refractivity contribution < 1.29 is 4.79 Å². The molecule has 0 aromatic heterocycles. The van der Waals surface area contributed by atoms with E-state index in [0.29, 0.717) is 18.5 Å². The zero-order valence-electron chi connectivity index (χ0n) is 12.9. The summed E-state index contributed by atoms with van der Waals surface area (Å²) >= 11 is 0. The van der Waals surface area contributed by atoms with E-state index in [1.807, 2.05) is 0 Å². The third-order valence-electron chi connectivity index (χ3n) is 4.18. The van der Waals surface area contributed by atoms with Gasteiger partial charge in [0.2, 0.25) is 5.91 Å². The van der Waals surface area contributed by atoms with Gasteiger partial charge in [0.15, 0.2) is 0 Å². The lowest BCUT2D eigenvalue weighted by Gasteiger charge is -2.38. The number of hydrogen-bond donors (Lipinski definition) is 1. The van der Waals surface area contributed by atoms with Crippen molar-refractivity contribution in [3.05, 3.63) is 48.6 Å². The van der Waals surface area contributed by atoms with Gasteiger partial charge >= 0.3 is 0 Å². The molecule has 0 unspecified atom stereocenters. The molecular formula is C18H26N2O. The Labute approximate surface area is 128 Å². The molecule has 1 aliphatic rings. The lowest BCUT2D eigenvalue weighted by molar-refractivity contribution is -0.122. The van der Waals surface area contributed by atoms with E-state index in [1.54, 1.807) is 6.08 Å². The lowest BCUT2D eigenvalue weighted by atomic mass is 9.97. The number of benzene rings is 1. The van der Waals surface area contributed by atoms with E-state index in [-0.39, 0.29) is 5.91 Å². The number of amides is 1. The molecule has 2 atom stereocenters. The molecule has 3 heteroatoms. The number of piperidine rings is 1. The Hall–Kier alpha value is -1.61. The maximum atomic E-state index is 11.8. The van der Waals surface area contributed by atoms with Crippen molar-refractivity contribution in [3.63, 3.8) is 0 Å². The molecule has 0 saturated carbocycles. The smallest absolute Gasteiger partial charge is 0.220 e. The zero-order valence-corrected chi connectivity index (χ0v) is 12.9. The quantitative estimate of drug-likeness (QED) is 0.815. The summed E-state index contributed by atoms with van der Waals surface area (Å²) in [6.45, 7) is 7.95. The minimum absolute atomic E-state index is 0.156. The van der Waals surface area contributed by atoms with Crippen molar-refractivity contribution in [1.29, 1.82) is 0 Å². The van der Waals surface area contributed by atoms with Crippen LogP contribution in [0.15, 0.2) is 43.0 Å². The van der Waals surface area contributed by atoms with Crippen molar-refractivity contribution in [2.45, 2.75) is 51.2 Å². The first-order valence-electron chi connectivity index (χ1n) is 7.87. The third kappa shape index (κ3) is 5.01. The van der Waals surface area contributed by atoms with E-state index in [4.69, 9.17) is 0 Å². The number of carbonyl (C=O) groups excluding carboxylic acids is 1. The minimum Gasteiger partial charge on any atom is -0.353 e. The SMILES string of the molecule is C=CCCC(=O)N[C@@H]1CCN(Cc2ccccc2)[C@H](C)C1. The highest BCUT2D eigenvalue weighted by Gasteiger charge is 2.26. The van der Waals surface area contributed by atoms with E-state index in [9.17, 15) is 4.79 Å². The summed E-state index contributed by atoms with van der Waals surface area (Å²) in [4.78, 5) is 14.3. The third-order valence-corrected chi connectivity index (χ3v) is 4.18. The first-order valence-corrected chi connectivity index (χ1v) is 7.87. The number of nitrogens with zero attached hydrogens (tertiary/aromatic N) is 1. The molecular weight excluding hydrogens is 260 g/mol. The fraction of sp³-hybridized carbons (Fsp3) is 0.500. The average molecular weight is 286 g/mol. The van der Waals surface area contributed by atoms with Crippen molar-refractivity contribution >= 4 is 5.91 Å². The van der Waals surface area contributed by atoms with Crippen molar-refractivity contribution in [1.82, 2.24) is 10.2 Å². The van der Waals surface area contributed by atoms with Gasteiger partial charge in [-0.3, -0.25) is 9.69 Å². The molecule has 1 aromatic carbocycles. The highest BCUT2D eigenvalue weighted by molar-refractivity contribution is 5.76. The Kier molecular flexibility index (Phi) is 6.00. The van der Waals surface area contributed by atoms with Gasteiger partial charge in [-0.15, -0.1) is 6.58 Å². The molecule has 114 valence electrons. The lowest BCUT2D eigenvalue weighted by Crippen LogP contribution is -2.48. The summed E-state index contributed by atoms with van der Waals surface area (Å²) < 4.78 is 0. The molecule has 0 bridgehead atoms. The van der Waals surface area contributed by atoms with Crippen LogP contribution in [0.2, 0.25) is 0 Å². The number of allylic oxidation sites excluding steroid dienone is 1. The predicted molar refractivity (Wildman–Crippen MR) is 86.9 cm³/mol. The Balaban J connectivity index is 1.79. The Morgan fingerprint density at radius 1 is 1.43 bits per heavy atom. The molecule has 1 N–H and O–H groups in total. The Morgan fingerprint density at radius 2 is 2.19 bits per heavy atom. The highest BCUT2D eigenvalue weighted by atomic mass is 16.1. The van der Waals surface area contributed by atoms with E-state index < -0.39 is 0 Å². The van der Waals surface area contributed by atoms with Gasteiger partial charge in [0, 0.05) is 31.6 Å². The first-order chi connectivity index (χ1) is 10.2. The normalized spacial score (nSPS) is 22.7. The van der Waals surface area contributed by atoms with Crippen LogP contribution >= 0.6 is 0 Å². The number of carbonyl (C=O) groups is 1. The van der Waals surface area contributed by atoms with Gasteiger partial charge in [0.1, 0.15) is 0 Å². The van der Waals surface area contributed by atoms with Gasteiger partial charge < -0.3 is 5.32 Å². The van der Waals surface area contributed by atoms with Crippen molar-refractivity contribution in [3.8, 4) is 0 Å². The molecule has 2 rings (SSSR count). The second-order valence-electron chi connectivity index (χ2n) is 5.92. The molecule has 1 aliphatic heterocycles. The molecule has 0 radical (unpaired) electrons. The molecule has 1 heterocycles. The van der Waals surface area contributed by atoms with Crippen molar-refractivity contribution in [2.75, 3.05) is 6.54 Å². The van der Waals surface area contributed by atoms with Crippen LogP contribution in [-0.2, 0) is 11.3 Å². The summed E-state index contributed by atoms with van der Waals surface area (Å²) in [6, 6.07) is 11.4. The Morgan fingerprint density at radius 3 is 2.86 bits per heavy atom. The molecule has 1 amide bonds. The van der Waals surface area contributed by atoms with Crippen molar-refractivity contribution in [2.24, 2.45) is 0 Å². The van der Waals surface area contributed by atoms with E-state index >= 15 is 0 Å². The van der Waals surface area contributed by atoms with Gasteiger partial charge in [0.25, 0.3) is 0 Å². The maximum Gasteiger partial charge on any atom is 0.220 e. The fourth-order valence-corrected chi connectivity index (χ4v) is 2.94. The molecule has 0 spiro atoms. The number of rotatable bonds is 6. The maximum absolute atomic E-state index is 11.8. The van der Waals surface area contributed by atoms with Gasteiger partial charge in [-0.05, 0) is 31.7 Å². The van der Waals surface area contributed by atoms with Crippen LogP contribution in [0.5, 0.6) is 0 Å².